The third-order valence-corrected chi connectivity index (χ3v) is 4.61. The van der Waals surface area contributed by atoms with Crippen LogP contribution in [0.5, 0.6) is 0 Å². The molecule has 3 rings (SSSR count). The lowest BCUT2D eigenvalue weighted by atomic mass is 10.2. The van der Waals surface area contributed by atoms with Crippen molar-refractivity contribution >= 4 is 50.9 Å². The van der Waals surface area contributed by atoms with Crippen LogP contribution in [0, 0.1) is 0 Å². The molecule has 0 aliphatic carbocycles. The first-order valence-corrected chi connectivity index (χ1v) is 8.27. The summed E-state index contributed by atoms with van der Waals surface area (Å²) in [6.07, 6.45) is -0.743. The van der Waals surface area contributed by atoms with Crippen LogP contribution in [-0.4, -0.2) is 16.8 Å². The maximum atomic E-state index is 11.9. The van der Waals surface area contributed by atoms with Gasteiger partial charge < -0.3 is 4.74 Å². The monoisotopic (exact) mass is 412 g/mol. The van der Waals surface area contributed by atoms with Crippen LogP contribution in [0.15, 0.2) is 52.0 Å². The zero-order valence-corrected chi connectivity index (χ0v) is 15.1. The fourth-order valence-electron chi connectivity index (χ4n) is 2.22. The van der Waals surface area contributed by atoms with Crippen LogP contribution in [0.3, 0.4) is 0 Å². The molecule has 118 valence electrons. The minimum Gasteiger partial charge on any atom is -0.446 e. The average molecular weight is 414 g/mol. The summed E-state index contributed by atoms with van der Waals surface area (Å²) in [4.78, 5) is 11.9. The van der Waals surface area contributed by atoms with E-state index in [2.05, 4.69) is 21.0 Å². The van der Waals surface area contributed by atoms with Gasteiger partial charge in [-0.2, -0.15) is 5.01 Å². The van der Waals surface area contributed by atoms with Gasteiger partial charge in [-0.05, 0) is 24.3 Å². The van der Waals surface area contributed by atoms with Crippen molar-refractivity contribution in [2.24, 2.45) is 5.10 Å². The van der Waals surface area contributed by atoms with Gasteiger partial charge in [0.15, 0.2) is 0 Å². The Bertz CT molecular complexity index is 810. The molecule has 2 aromatic rings. The Morgan fingerprint density at radius 1 is 1.26 bits per heavy atom. The normalized spacial score (nSPS) is 17.0. The molecule has 0 radical (unpaired) electrons. The summed E-state index contributed by atoms with van der Waals surface area (Å²) < 4.78 is 6.78. The van der Waals surface area contributed by atoms with E-state index in [0.29, 0.717) is 21.5 Å². The number of hydrogen-bond acceptors (Lipinski definition) is 3. The minimum atomic E-state index is -0.743. The number of carbonyl (C=O) groups is 1. The van der Waals surface area contributed by atoms with E-state index in [1.807, 2.05) is 24.3 Å². The molecule has 1 atom stereocenters. The Morgan fingerprint density at radius 2 is 2.00 bits per heavy atom. The summed E-state index contributed by atoms with van der Waals surface area (Å²) in [5.74, 6) is 0.0959. The fraction of sp³-hybridized carbons (Fsp3) is 0.125. The molecule has 1 heterocycles. The molecule has 0 fully saturated rings. The highest BCUT2D eigenvalue weighted by Crippen LogP contribution is 2.37. The second kappa shape index (κ2) is 6.51. The lowest BCUT2D eigenvalue weighted by molar-refractivity contribution is -0.135. The van der Waals surface area contributed by atoms with Crippen LogP contribution in [-0.2, 0) is 9.53 Å². The smallest absolute Gasteiger partial charge is 0.243 e. The van der Waals surface area contributed by atoms with Crippen molar-refractivity contribution in [3.8, 4) is 0 Å². The summed E-state index contributed by atoms with van der Waals surface area (Å²) in [7, 11) is 0. The first-order valence-electron chi connectivity index (χ1n) is 6.72. The molecule has 7 heteroatoms. The molecule has 1 aliphatic rings. The molecule has 1 amide bonds. The van der Waals surface area contributed by atoms with Gasteiger partial charge in [-0.15, -0.1) is 5.10 Å². The van der Waals surface area contributed by atoms with Gasteiger partial charge in [0.1, 0.15) is 0 Å². The van der Waals surface area contributed by atoms with Crippen molar-refractivity contribution in [2.45, 2.75) is 13.2 Å². The van der Waals surface area contributed by atoms with Gasteiger partial charge >= 0.3 is 0 Å². The van der Waals surface area contributed by atoms with Gasteiger partial charge in [0.25, 0.3) is 0 Å². The Kier molecular flexibility index (Phi) is 4.62. The second-order valence-corrected chi connectivity index (χ2v) is 6.59. The molecular formula is C16H11BrCl2N2O2. The molecule has 0 aromatic heterocycles. The van der Waals surface area contributed by atoms with E-state index in [-0.39, 0.29) is 5.91 Å². The number of hydrogen-bond donors (Lipinski definition) is 0. The van der Waals surface area contributed by atoms with Gasteiger partial charge in [0.05, 0.1) is 10.0 Å². The summed E-state index contributed by atoms with van der Waals surface area (Å²) >= 11 is 15.7. The summed E-state index contributed by atoms with van der Waals surface area (Å²) in [6.45, 7) is 1.42. The summed E-state index contributed by atoms with van der Waals surface area (Å²) in [6, 6.07) is 12.7. The highest BCUT2D eigenvalue weighted by atomic mass is 79.9. The number of hydrazone groups is 1. The van der Waals surface area contributed by atoms with E-state index in [1.165, 1.54) is 11.9 Å². The second-order valence-electron chi connectivity index (χ2n) is 4.89. The quantitative estimate of drug-likeness (QED) is 0.695. The summed E-state index contributed by atoms with van der Waals surface area (Å²) in [5.41, 5.74) is 1.34. The van der Waals surface area contributed by atoms with E-state index >= 15 is 0 Å². The zero-order valence-electron chi connectivity index (χ0n) is 12.0. The molecule has 2 aromatic carbocycles. The Morgan fingerprint density at radius 3 is 2.70 bits per heavy atom. The summed E-state index contributed by atoms with van der Waals surface area (Å²) in [5, 5.41) is 6.28. The van der Waals surface area contributed by atoms with Crippen LogP contribution in [0.2, 0.25) is 10.0 Å². The van der Waals surface area contributed by atoms with Gasteiger partial charge in [-0.25, -0.2) is 0 Å². The van der Waals surface area contributed by atoms with E-state index in [4.69, 9.17) is 27.9 Å². The van der Waals surface area contributed by atoms with E-state index < -0.39 is 6.23 Å². The molecule has 1 aliphatic heterocycles. The molecule has 0 saturated carbocycles. The first-order chi connectivity index (χ1) is 11.0. The maximum absolute atomic E-state index is 11.9. The topological polar surface area (TPSA) is 41.9 Å². The number of ether oxygens (including phenoxy) is 1. The van der Waals surface area contributed by atoms with Crippen LogP contribution >= 0.6 is 39.1 Å². The third-order valence-electron chi connectivity index (χ3n) is 3.29. The number of carbonyl (C=O) groups excluding carboxylic acids is 1. The number of rotatable bonds is 2. The van der Waals surface area contributed by atoms with Crippen LogP contribution in [0.1, 0.15) is 24.3 Å². The zero-order chi connectivity index (χ0) is 16.6. The number of halogens is 3. The lowest BCUT2D eigenvalue weighted by Gasteiger charge is -2.20. The Labute approximate surface area is 151 Å². The van der Waals surface area contributed by atoms with E-state index in [9.17, 15) is 4.79 Å². The molecule has 0 N–H and O–H groups in total. The standard InChI is InChI=1S/C16H11BrCl2N2O2/c1-9(22)21-16(12-6-3-7-13(18)14(12)19)23-15(20-21)10-4-2-5-11(17)8-10/h2-8,16H,1H3/t16-/m1/s1. The fourth-order valence-corrected chi connectivity index (χ4v) is 3.02. The van der Waals surface area contributed by atoms with Crippen LogP contribution < -0.4 is 0 Å². The number of benzene rings is 2. The Balaban J connectivity index is 2.01. The SMILES string of the molecule is CC(=O)N1N=C(c2cccc(Br)c2)O[C@@H]1c1cccc(Cl)c1Cl. The van der Waals surface area contributed by atoms with Gasteiger partial charge in [-0.3, -0.25) is 4.79 Å². The van der Waals surface area contributed by atoms with Crippen molar-refractivity contribution in [2.75, 3.05) is 0 Å². The number of amides is 1. The van der Waals surface area contributed by atoms with E-state index in [0.717, 1.165) is 10.0 Å². The molecule has 0 saturated heterocycles. The van der Waals surface area contributed by atoms with Gasteiger partial charge in [-0.1, -0.05) is 57.3 Å². The van der Waals surface area contributed by atoms with Crippen molar-refractivity contribution < 1.29 is 9.53 Å². The van der Waals surface area contributed by atoms with Crippen molar-refractivity contribution in [1.82, 2.24) is 5.01 Å². The molecular weight excluding hydrogens is 403 g/mol. The largest absolute Gasteiger partial charge is 0.446 e. The molecule has 0 unspecified atom stereocenters. The molecule has 4 nitrogen and oxygen atoms in total. The molecule has 0 bridgehead atoms. The third kappa shape index (κ3) is 3.22. The van der Waals surface area contributed by atoms with Gasteiger partial charge in [0, 0.05) is 22.5 Å². The van der Waals surface area contributed by atoms with Crippen molar-refractivity contribution in [3.63, 3.8) is 0 Å². The predicted octanol–water partition coefficient (Wildman–Crippen LogP) is 5.00. The van der Waals surface area contributed by atoms with Crippen LogP contribution in [0.25, 0.3) is 0 Å². The highest BCUT2D eigenvalue weighted by Gasteiger charge is 2.34. The maximum Gasteiger partial charge on any atom is 0.243 e. The molecule has 23 heavy (non-hydrogen) atoms. The van der Waals surface area contributed by atoms with Crippen LogP contribution in [0.4, 0.5) is 0 Å². The number of nitrogens with zero attached hydrogens (tertiary/aromatic N) is 2. The Hall–Kier alpha value is -1.56. The van der Waals surface area contributed by atoms with Crippen molar-refractivity contribution in [3.05, 3.63) is 68.1 Å². The van der Waals surface area contributed by atoms with Gasteiger partial charge in [0.2, 0.25) is 18.0 Å². The molecule has 0 spiro atoms. The lowest BCUT2D eigenvalue weighted by Crippen LogP contribution is -2.25. The van der Waals surface area contributed by atoms with E-state index in [1.54, 1.807) is 18.2 Å². The minimum absolute atomic E-state index is 0.254. The predicted molar refractivity (Wildman–Crippen MR) is 93.5 cm³/mol. The average Bonchev–Trinajstić information content (AvgIpc) is 2.95. The first kappa shape index (κ1) is 16.3. The highest BCUT2D eigenvalue weighted by molar-refractivity contribution is 9.10. The van der Waals surface area contributed by atoms with Crippen molar-refractivity contribution in [1.29, 1.82) is 0 Å².